The van der Waals surface area contributed by atoms with Crippen LogP contribution in [0.4, 0.5) is 5.69 Å². The van der Waals surface area contributed by atoms with Gasteiger partial charge in [0.2, 0.25) is 10.0 Å². The highest BCUT2D eigenvalue weighted by atomic mass is 32.2. The van der Waals surface area contributed by atoms with E-state index in [0.29, 0.717) is 33.5 Å². The highest BCUT2D eigenvalue weighted by Gasteiger charge is 2.26. The summed E-state index contributed by atoms with van der Waals surface area (Å²) in [6.07, 6.45) is 1.15. The van der Waals surface area contributed by atoms with Crippen molar-refractivity contribution in [1.29, 1.82) is 0 Å². The maximum Gasteiger partial charge on any atom is 0.279 e. The average molecular weight is 479 g/mol. The SMILES string of the molecule is CONC(=O)c1c(-c2ccc(C)cc2)oc2cc(N(C)S(C)(=O)=O)c(-c3cccc(C)c3)cc12. The van der Waals surface area contributed by atoms with Crippen LogP contribution >= 0.6 is 0 Å². The lowest BCUT2D eigenvalue weighted by atomic mass is 9.97. The van der Waals surface area contributed by atoms with Crippen LogP contribution in [-0.4, -0.2) is 34.7 Å². The van der Waals surface area contributed by atoms with Crippen LogP contribution in [0.5, 0.6) is 0 Å². The minimum atomic E-state index is -3.56. The molecule has 34 heavy (non-hydrogen) atoms. The number of rotatable bonds is 6. The zero-order chi connectivity index (χ0) is 24.6. The first-order valence-corrected chi connectivity index (χ1v) is 12.5. The predicted molar refractivity (Wildman–Crippen MR) is 134 cm³/mol. The van der Waals surface area contributed by atoms with Gasteiger partial charge in [0.15, 0.2) is 0 Å². The Bertz CT molecular complexity index is 1490. The number of aryl methyl sites for hydroxylation is 2. The van der Waals surface area contributed by atoms with E-state index >= 15 is 0 Å². The summed E-state index contributed by atoms with van der Waals surface area (Å²) in [5.41, 5.74) is 7.83. The van der Waals surface area contributed by atoms with Gasteiger partial charge in [0.1, 0.15) is 11.3 Å². The van der Waals surface area contributed by atoms with Crippen molar-refractivity contribution < 1.29 is 22.5 Å². The standard InChI is InChI=1S/C26H26N2O5S/c1-16-9-11-18(12-10-16)25-24(26(29)27-32-4)21-14-20(19-8-6-7-17(2)13-19)22(15-23(21)33-25)28(3)34(5,30)31/h6-15H,1-5H3,(H,27,29). The molecule has 0 aliphatic carbocycles. The average Bonchev–Trinajstić information content (AvgIpc) is 3.16. The van der Waals surface area contributed by atoms with Crippen LogP contribution in [0.15, 0.2) is 65.1 Å². The van der Waals surface area contributed by atoms with Crippen LogP contribution in [-0.2, 0) is 14.9 Å². The van der Waals surface area contributed by atoms with Crippen molar-refractivity contribution >= 4 is 32.6 Å². The molecule has 4 aromatic rings. The van der Waals surface area contributed by atoms with Gasteiger partial charge in [0.05, 0.1) is 24.6 Å². The minimum absolute atomic E-state index is 0.308. The van der Waals surface area contributed by atoms with E-state index in [1.54, 1.807) is 12.1 Å². The molecule has 0 atom stereocenters. The predicted octanol–water partition coefficient (Wildman–Crippen LogP) is 5.07. The Balaban J connectivity index is 2.08. The van der Waals surface area contributed by atoms with Crippen LogP contribution in [0.1, 0.15) is 21.5 Å². The van der Waals surface area contributed by atoms with Gasteiger partial charge in [0, 0.05) is 29.6 Å². The van der Waals surface area contributed by atoms with Crippen molar-refractivity contribution in [3.05, 3.63) is 77.4 Å². The Labute approximate surface area is 199 Å². The van der Waals surface area contributed by atoms with E-state index in [-0.39, 0.29) is 0 Å². The number of hydrogen-bond donors (Lipinski definition) is 1. The van der Waals surface area contributed by atoms with E-state index in [2.05, 4.69) is 5.48 Å². The monoisotopic (exact) mass is 478 g/mol. The molecule has 1 heterocycles. The summed E-state index contributed by atoms with van der Waals surface area (Å²) >= 11 is 0. The van der Waals surface area contributed by atoms with Gasteiger partial charge in [-0.1, -0.05) is 59.7 Å². The van der Waals surface area contributed by atoms with Gasteiger partial charge in [-0.2, -0.15) is 0 Å². The molecular weight excluding hydrogens is 452 g/mol. The Morgan fingerprint density at radius 2 is 1.68 bits per heavy atom. The van der Waals surface area contributed by atoms with Crippen LogP contribution < -0.4 is 9.79 Å². The fraction of sp³-hybridized carbons (Fsp3) is 0.192. The van der Waals surface area contributed by atoms with E-state index in [4.69, 9.17) is 9.25 Å². The fourth-order valence-corrected chi connectivity index (χ4v) is 4.40. The number of amides is 1. The van der Waals surface area contributed by atoms with Crippen LogP contribution in [0.2, 0.25) is 0 Å². The Morgan fingerprint density at radius 3 is 2.29 bits per heavy atom. The summed E-state index contributed by atoms with van der Waals surface area (Å²) in [4.78, 5) is 18.0. The fourth-order valence-electron chi connectivity index (χ4n) is 3.89. The molecule has 1 aromatic heterocycles. The molecule has 8 heteroatoms. The zero-order valence-corrected chi connectivity index (χ0v) is 20.5. The third kappa shape index (κ3) is 4.42. The smallest absolute Gasteiger partial charge is 0.279 e. The first kappa shape index (κ1) is 23.5. The molecule has 0 unspecified atom stereocenters. The van der Waals surface area contributed by atoms with Crippen molar-refractivity contribution in [2.75, 3.05) is 24.7 Å². The van der Waals surface area contributed by atoms with Crippen LogP contribution in [0.3, 0.4) is 0 Å². The van der Waals surface area contributed by atoms with Gasteiger partial charge in [-0.3, -0.25) is 13.9 Å². The molecule has 0 saturated carbocycles. The molecule has 7 nitrogen and oxygen atoms in total. The second-order valence-corrected chi connectivity index (χ2v) is 10.3. The summed E-state index contributed by atoms with van der Waals surface area (Å²) in [5, 5.41) is 0.548. The van der Waals surface area contributed by atoms with E-state index in [9.17, 15) is 13.2 Å². The number of sulfonamides is 1. The molecular formula is C26H26N2O5S. The molecule has 0 spiro atoms. The lowest BCUT2D eigenvalue weighted by Gasteiger charge is -2.21. The number of fused-ring (bicyclic) bond motifs is 1. The summed E-state index contributed by atoms with van der Waals surface area (Å²) in [6, 6.07) is 18.8. The lowest BCUT2D eigenvalue weighted by Crippen LogP contribution is -2.25. The summed E-state index contributed by atoms with van der Waals surface area (Å²) in [6.45, 7) is 3.94. The molecule has 3 aromatic carbocycles. The highest BCUT2D eigenvalue weighted by molar-refractivity contribution is 7.92. The first-order valence-electron chi connectivity index (χ1n) is 10.6. The Kier molecular flexibility index (Phi) is 6.20. The third-order valence-corrected chi connectivity index (χ3v) is 6.90. The normalized spacial score (nSPS) is 11.6. The zero-order valence-electron chi connectivity index (χ0n) is 19.7. The first-order chi connectivity index (χ1) is 16.1. The molecule has 0 fully saturated rings. The number of benzene rings is 3. The Hall–Kier alpha value is -3.62. The van der Waals surface area contributed by atoms with Crippen LogP contribution in [0.25, 0.3) is 33.4 Å². The second-order valence-electron chi connectivity index (χ2n) is 8.27. The highest BCUT2D eigenvalue weighted by Crippen LogP contribution is 2.41. The van der Waals surface area contributed by atoms with Gasteiger partial charge in [-0.05, 0) is 25.5 Å². The van der Waals surface area contributed by atoms with Crippen molar-refractivity contribution in [3.63, 3.8) is 0 Å². The third-order valence-electron chi connectivity index (χ3n) is 5.71. The van der Waals surface area contributed by atoms with Crippen molar-refractivity contribution in [2.45, 2.75) is 13.8 Å². The van der Waals surface area contributed by atoms with Gasteiger partial charge in [-0.15, -0.1) is 0 Å². The van der Waals surface area contributed by atoms with Crippen molar-refractivity contribution in [1.82, 2.24) is 5.48 Å². The number of carbonyl (C=O) groups is 1. The second kappa shape index (κ2) is 8.96. The van der Waals surface area contributed by atoms with Crippen molar-refractivity contribution in [2.24, 2.45) is 0 Å². The summed E-state index contributed by atoms with van der Waals surface area (Å²) in [5.74, 6) is -0.0878. The van der Waals surface area contributed by atoms with E-state index < -0.39 is 15.9 Å². The minimum Gasteiger partial charge on any atom is -0.455 e. The van der Waals surface area contributed by atoms with Crippen molar-refractivity contribution in [3.8, 4) is 22.5 Å². The van der Waals surface area contributed by atoms with E-state index in [0.717, 1.165) is 28.5 Å². The summed E-state index contributed by atoms with van der Waals surface area (Å²) < 4.78 is 32.3. The maximum atomic E-state index is 13.1. The number of anilines is 1. The summed E-state index contributed by atoms with van der Waals surface area (Å²) in [7, 11) is -0.696. The van der Waals surface area contributed by atoms with E-state index in [1.807, 2.05) is 62.4 Å². The van der Waals surface area contributed by atoms with Crippen LogP contribution in [0, 0.1) is 13.8 Å². The van der Waals surface area contributed by atoms with Gasteiger partial charge < -0.3 is 4.42 Å². The van der Waals surface area contributed by atoms with Gasteiger partial charge >= 0.3 is 0 Å². The number of hydroxylamine groups is 1. The molecule has 0 radical (unpaired) electrons. The molecule has 0 bridgehead atoms. The maximum absolute atomic E-state index is 13.1. The van der Waals surface area contributed by atoms with Gasteiger partial charge in [0.25, 0.3) is 5.91 Å². The van der Waals surface area contributed by atoms with Gasteiger partial charge in [-0.25, -0.2) is 13.9 Å². The lowest BCUT2D eigenvalue weighted by molar-refractivity contribution is 0.0539. The number of nitrogens with one attached hydrogen (secondary N) is 1. The Morgan fingerprint density at radius 1 is 0.971 bits per heavy atom. The molecule has 0 saturated heterocycles. The number of furan rings is 1. The molecule has 0 aliphatic rings. The molecule has 4 rings (SSSR count). The molecule has 176 valence electrons. The number of hydrogen-bond acceptors (Lipinski definition) is 5. The topological polar surface area (TPSA) is 88.8 Å². The number of carbonyl (C=O) groups excluding carboxylic acids is 1. The quantitative estimate of drug-likeness (QED) is 0.391. The molecule has 1 N–H and O–H groups in total. The number of nitrogens with zero attached hydrogens (tertiary/aromatic N) is 1. The van der Waals surface area contributed by atoms with E-state index in [1.165, 1.54) is 18.5 Å². The largest absolute Gasteiger partial charge is 0.455 e. The molecule has 1 amide bonds. The molecule has 0 aliphatic heterocycles.